The number of rotatable bonds is 6. The Morgan fingerprint density at radius 1 is 1.08 bits per heavy atom. The van der Waals surface area contributed by atoms with Gasteiger partial charge in [0, 0.05) is 0 Å². The van der Waals surface area contributed by atoms with Crippen LogP contribution in [0.2, 0.25) is 0 Å². The lowest BCUT2D eigenvalue weighted by molar-refractivity contribution is 0.0543. The minimum atomic E-state index is -3.60. The van der Waals surface area contributed by atoms with Crippen LogP contribution in [0.25, 0.3) is 0 Å². The van der Waals surface area contributed by atoms with Gasteiger partial charge in [0.05, 0.1) is 31.4 Å². The average molecular weight is 367 g/mol. The van der Waals surface area contributed by atoms with Crippen molar-refractivity contribution in [1.29, 1.82) is 0 Å². The van der Waals surface area contributed by atoms with Crippen molar-refractivity contribution in [3.8, 4) is 0 Å². The third kappa shape index (κ3) is 4.02. The summed E-state index contributed by atoms with van der Waals surface area (Å²) in [7, 11) is -1.34. The average Bonchev–Trinajstić information content (AvgIpc) is 3.03. The minimum absolute atomic E-state index is 0.158. The maximum absolute atomic E-state index is 12.4. The molecule has 0 aliphatic rings. The van der Waals surface area contributed by atoms with E-state index in [0.29, 0.717) is 0 Å². The van der Waals surface area contributed by atoms with Gasteiger partial charge in [-0.25, -0.2) is 22.7 Å². The number of hydrogen-bond acceptors (Lipinski definition) is 8. The lowest BCUT2D eigenvalue weighted by atomic mass is 10.2. The standard InChI is InChI=1S/C15H17N3O6S/c1-10-4-6-11(7-5-10)25(21,22)9-8-18-13(15(20)24-3)12(16-17-18)14(19)23-2/h4-7H,8-9H2,1-3H3. The van der Waals surface area contributed by atoms with Crippen LogP contribution in [0, 0.1) is 6.92 Å². The molecule has 0 aliphatic heterocycles. The normalized spacial score (nSPS) is 11.2. The van der Waals surface area contributed by atoms with Crippen molar-refractivity contribution in [2.24, 2.45) is 0 Å². The quantitative estimate of drug-likeness (QED) is 0.683. The van der Waals surface area contributed by atoms with Crippen molar-refractivity contribution in [3.05, 3.63) is 41.2 Å². The number of nitrogens with zero attached hydrogens (tertiary/aromatic N) is 3. The van der Waals surface area contributed by atoms with E-state index in [-0.39, 0.29) is 28.6 Å². The monoisotopic (exact) mass is 367 g/mol. The zero-order chi connectivity index (χ0) is 18.6. The van der Waals surface area contributed by atoms with Crippen molar-refractivity contribution in [3.63, 3.8) is 0 Å². The predicted molar refractivity (Wildman–Crippen MR) is 85.9 cm³/mol. The summed E-state index contributed by atoms with van der Waals surface area (Å²) in [5.74, 6) is -2.06. The number of sulfone groups is 1. The van der Waals surface area contributed by atoms with E-state index < -0.39 is 21.8 Å². The molecule has 0 aliphatic carbocycles. The summed E-state index contributed by atoms with van der Waals surface area (Å²) in [6, 6.07) is 6.40. The molecule has 1 aromatic heterocycles. The van der Waals surface area contributed by atoms with Gasteiger partial charge in [-0.2, -0.15) is 0 Å². The fraction of sp³-hybridized carbons (Fsp3) is 0.333. The van der Waals surface area contributed by atoms with Crippen molar-refractivity contribution in [1.82, 2.24) is 15.0 Å². The third-order valence-electron chi connectivity index (χ3n) is 3.44. The van der Waals surface area contributed by atoms with E-state index in [1.165, 1.54) is 12.1 Å². The number of methoxy groups -OCH3 is 2. The molecule has 2 rings (SSSR count). The van der Waals surface area contributed by atoms with Crippen LogP contribution < -0.4 is 0 Å². The molecule has 0 radical (unpaired) electrons. The van der Waals surface area contributed by atoms with Crippen LogP contribution in [0.15, 0.2) is 29.2 Å². The van der Waals surface area contributed by atoms with Crippen molar-refractivity contribution >= 4 is 21.8 Å². The lowest BCUT2D eigenvalue weighted by Crippen LogP contribution is -2.20. The first-order chi connectivity index (χ1) is 11.8. The molecule has 2 aromatic rings. The number of carbonyl (C=O) groups excluding carboxylic acids is 2. The minimum Gasteiger partial charge on any atom is -0.464 e. The number of benzene rings is 1. The third-order valence-corrected chi connectivity index (χ3v) is 5.15. The first kappa shape index (κ1) is 18.6. The molecule has 0 saturated heterocycles. The molecule has 0 unspecified atom stereocenters. The summed E-state index contributed by atoms with van der Waals surface area (Å²) in [6.07, 6.45) is 0. The summed E-state index contributed by atoms with van der Waals surface area (Å²) in [5, 5.41) is 7.25. The predicted octanol–water partition coefficient (Wildman–Crippen LogP) is 0.634. The van der Waals surface area contributed by atoms with Gasteiger partial charge in [-0.15, -0.1) is 5.10 Å². The van der Waals surface area contributed by atoms with Crippen LogP contribution in [-0.2, 0) is 25.9 Å². The smallest absolute Gasteiger partial charge is 0.361 e. The summed E-state index contributed by atoms with van der Waals surface area (Å²) < 4.78 is 34.9. The highest BCUT2D eigenvalue weighted by molar-refractivity contribution is 7.91. The number of aromatic nitrogens is 3. The van der Waals surface area contributed by atoms with Crippen molar-refractivity contribution in [2.75, 3.05) is 20.0 Å². The molecule has 0 bridgehead atoms. The van der Waals surface area contributed by atoms with Crippen LogP contribution in [0.3, 0.4) is 0 Å². The molecule has 0 fully saturated rings. The fourth-order valence-electron chi connectivity index (χ4n) is 2.07. The lowest BCUT2D eigenvalue weighted by Gasteiger charge is -2.07. The Morgan fingerprint density at radius 3 is 2.24 bits per heavy atom. The molecule has 0 N–H and O–H groups in total. The van der Waals surface area contributed by atoms with E-state index in [0.717, 1.165) is 24.5 Å². The van der Waals surface area contributed by atoms with E-state index in [4.69, 9.17) is 0 Å². The van der Waals surface area contributed by atoms with E-state index in [2.05, 4.69) is 19.8 Å². The first-order valence-electron chi connectivity index (χ1n) is 7.19. The van der Waals surface area contributed by atoms with Crippen LogP contribution >= 0.6 is 0 Å². The highest BCUT2D eigenvalue weighted by Gasteiger charge is 2.27. The Kier molecular flexibility index (Phi) is 5.52. The zero-order valence-corrected chi connectivity index (χ0v) is 14.7. The fourth-order valence-corrected chi connectivity index (χ4v) is 3.27. The Morgan fingerprint density at radius 2 is 1.68 bits per heavy atom. The van der Waals surface area contributed by atoms with E-state index >= 15 is 0 Å². The summed E-state index contributed by atoms with van der Waals surface area (Å²) in [4.78, 5) is 23.7. The molecule has 134 valence electrons. The number of esters is 2. The zero-order valence-electron chi connectivity index (χ0n) is 13.9. The maximum atomic E-state index is 12.4. The highest BCUT2D eigenvalue weighted by atomic mass is 32.2. The van der Waals surface area contributed by atoms with E-state index in [1.54, 1.807) is 12.1 Å². The second kappa shape index (κ2) is 7.43. The van der Waals surface area contributed by atoms with E-state index in [9.17, 15) is 18.0 Å². The van der Waals surface area contributed by atoms with Crippen LogP contribution in [0.4, 0.5) is 0 Å². The SMILES string of the molecule is COC(=O)c1nnn(CCS(=O)(=O)c2ccc(C)cc2)c1C(=O)OC. The van der Waals surface area contributed by atoms with Gasteiger partial charge in [0.2, 0.25) is 5.69 Å². The summed E-state index contributed by atoms with van der Waals surface area (Å²) in [5.41, 5.74) is 0.349. The molecule has 0 amide bonds. The molecule has 0 spiro atoms. The number of hydrogen-bond donors (Lipinski definition) is 0. The van der Waals surface area contributed by atoms with Gasteiger partial charge in [0.25, 0.3) is 0 Å². The van der Waals surface area contributed by atoms with Gasteiger partial charge >= 0.3 is 11.9 Å². The molecule has 9 nitrogen and oxygen atoms in total. The molecule has 1 aromatic carbocycles. The molecule has 0 atom stereocenters. The molecule has 1 heterocycles. The topological polar surface area (TPSA) is 117 Å². The second-order valence-corrected chi connectivity index (χ2v) is 7.23. The molecule has 10 heteroatoms. The summed E-state index contributed by atoms with van der Waals surface area (Å²) in [6.45, 7) is 1.67. The van der Waals surface area contributed by atoms with Gasteiger partial charge in [-0.05, 0) is 19.1 Å². The highest BCUT2D eigenvalue weighted by Crippen LogP contribution is 2.14. The molecule has 25 heavy (non-hydrogen) atoms. The Bertz CT molecular complexity index is 886. The van der Waals surface area contributed by atoms with Gasteiger partial charge in [-0.3, -0.25) is 0 Å². The van der Waals surface area contributed by atoms with Gasteiger partial charge in [-0.1, -0.05) is 22.9 Å². The molecular weight excluding hydrogens is 350 g/mol. The maximum Gasteiger partial charge on any atom is 0.361 e. The van der Waals surface area contributed by atoms with Crippen LogP contribution in [0.1, 0.15) is 26.5 Å². The largest absolute Gasteiger partial charge is 0.464 e. The Hall–Kier alpha value is -2.75. The van der Waals surface area contributed by atoms with Crippen LogP contribution in [0.5, 0.6) is 0 Å². The number of carbonyl (C=O) groups is 2. The Balaban J connectivity index is 2.28. The molecule has 0 saturated carbocycles. The van der Waals surface area contributed by atoms with Gasteiger partial charge < -0.3 is 9.47 Å². The first-order valence-corrected chi connectivity index (χ1v) is 8.85. The molecular formula is C15H17N3O6S. The van der Waals surface area contributed by atoms with Crippen LogP contribution in [-0.4, -0.2) is 55.3 Å². The van der Waals surface area contributed by atoms with Crippen molar-refractivity contribution < 1.29 is 27.5 Å². The number of aryl methyl sites for hydroxylation is 2. The van der Waals surface area contributed by atoms with Crippen molar-refractivity contribution in [2.45, 2.75) is 18.4 Å². The Labute approximate surface area is 144 Å². The van der Waals surface area contributed by atoms with Gasteiger partial charge in [0.15, 0.2) is 15.5 Å². The van der Waals surface area contributed by atoms with E-state index in [1.807, 2.05) is 6.92 Å². The van der Waals surface area contributed by atoms with Gasteiger partial charge in [0.1, 0.15) is 0 Å². The second-order valence-electron chi connectivity index (χ2n) is 5.12. The summed E-state index contributed by atoms with van der Waals surface area (Å²) >= 11 is 0. The number of ether oxygens (including phenoxy) is 2.